The summed E-state index contributed by atoms with van der Waals surface area (Å²) in [5.41, 5.74) is 2.35. The van der Waals surface area contributed by atoms with E-state index in [9.17, 15) is 4.79 Å². The van der Waals surface area contributed by atoms with Gasteiger partial charge in [-0.3, -0.25) is 0 Å². The fourth-order valence-corrected chi connectivity index (χ4v) is 2.26. The number of carbonyl (C=O) groups excluding carboxylic acids is 1. The van der Waals surface area contributed by atoms with E-state index >= 15 is 0 Å². The molecule has 0 aliphatic carbocycles. The number of nitrogens with zero attached hydrogens (tertiary/aromatic N) is 1. The van der Waals surface area contributed by atoms with Crippen molar-refractivity contribution in [1.82, 2.24) is 4.98 Å². The van der Waals surface area contributed by atoms with E-state index in [0.29, 0.717) is 23.6 Å². The number of carbonyl (C=O) groups is 1. The lowest BCUT2D eigenvalue weighted by atomic mass is 10.0. The van der Waals surface area contributed by atoms with Crippen molar-refractivity contribution in [3.8, 4) is 5.88 Å². The van der Waals surface area contributed by atoms with Crippen molar-refractivity contribution < 1.29 is 14.3 Å². The Kier molecular flexibility index (Phi) is 5.33. The summed E-state index contributed by atoms with van der Waals surface area (Å²) in [5, 5.41) is 0. The first-order valence-corrected chi connectivity index (χ1v) is 7.30. The third kappa shape index (κ3) is 4.04. The van der Waals surface area contributed by atoms with Gasteiger partial charge in [0.2, 0.25) is 5.88 Å². The lowest BCUT2D eigenvalue weighted by molar-refractivity contribution is 0.0598. The van der Waals surface area contributed by atoms with Crippen LogP contribution in [-0.2, 0) is 17.6 Å². The van der Waals surface area contributed by atoms with E-state index in [1.165, 1.54) is 12.7 Å². The molecule has 21 heavy (non-hydrogen) atoms. The van der Waals surface area contributed by atoms with Crippen LogP contribution in [0.15, 0.2) is 40.9 Å². The highest BCUT2D eigenvalue weighted by Crippen LogP contribution is 2.17. The van der Waals surface area contributed by atoms with Crippen LogP contribution in [0.4, 0.5) is 0 Å². The topological polar surface area (TPSA) is 48.4 Å². The lowest BCUT2D eigenvalue weighted by Gasteiger charge is -2.09. The van der Waals surface area contributed by atoms with Crippen molar-refractivity contribution in [2.45, 2.75) is 12.8 Å². The predicted octanol–water partition coefficient (Wildman–Crippen LogP) is 3.42. The molecule has 4 nitrogen and oxygen atoms in total. The average molecular weight is 350 g/mol. The number of methoxy groups -OCH3 is 2. The summed E-state index contributed by atoms with van der Waals surface area (Å²) in [6, 6.07) is 11.4. The molecule has 110 valence electrons. The molecule has 0 N–H and O–H groups in total. The van der Waals surface area contributed by atoms with E-state index < -0.39 is 0 Å². The van der Waals surface area contributed by atoms with E-state index in [-0.39, 0.29) is 5.97 Å². The zero-order valence-electron chi connectivity index (χ0n) is 11.9. The number of pyridine rings is 1. The third-order valence-corrected chi connectivity index (χ3v) is 3.66. The zero-order chi connectivity index (χ0) is 15.2. The molecule has 0 fully saturated rings. The lowest BCUT2D eigenvalue weighted by Crippen LogP contribution is -2.09. The Bertz CT molecular complexity index is 626. The zero-order valence-corrected chi connectivity index (χ0v) is 13.5. The van der Waals surface area contributed by atoms with Crippen molar-refractivity contribution in [2.24, 2.45) is 0 Å². The summed E-state index contributed by atoms with van der Waals surface area (Å²) in [6.45, 7) is 0. The van der Waals surface area contributed by atoms with E-state index in [1.807, 2.05) is 24.3 Å². The Balaban J connectivity index is 2.20. The van der Waals surface area contributed by atoms with Gasteiger partial charge in [0.1, 0.15) is 0 Å². The minimum atomic E-state index is -0.379. The minimum absolute atomic E-state index is 0.379. The van der Waals surface area contributed by atoms with Crippen molar-refractivity contribution in [3.05, 3.63) is 57.7 Å². The summed E-state index contributed by atoms with van der Waals surface area (Å²) >= 11 is 3.41. The number of halogens is 1. The van der Waals surface area contributed by atoms with Crippen molar-refractivity contribution in [3.63, 3.8) is 0 Å². The summed E-state index contributed by atoms with van der Waals surface area (Å²) in [4.78, 5) is 16.1. The number of hydrogen-bond donors (Lipinski definition) is 0. The smallest absolute Gasteiger partial charge is 0.339 e. The van der Waals surface area contributed by atoms with Crippen LogP contribution in [0.5, 0.6) is 5.88 Å². The minimum Gasteiger partial charge on any atom is -0.481 e. The Morgan fingerprint density at radius 1 is 1.10 bits per heavy atom. The molecule has 0 radical (unpaired) electrons. The van der Waals surface area contributed by atoms with Crippen LogP contribution in [0.2, 0.25) is 0 Å². The van der Waals surface area contributed by atoms with Gasteiger partial charge in [-0.25, -0.2) is 9.78 Å². The molecule has 0 aliphatic heterocycles. The fraction of sp³-hybridized carbons (Fsp3) is 0.250. The van der Waals surface area contributed by atoms with Gasteiger partial charge in [0.25, 0.3) is 0 Å². The number of hydrogen-bond acceptors (Lipinski definition) is 4. The molecule has 0 spiro atoms. The number of aryl methyl sites for hydroxylation is 2. The van der Waals surface area contributed by atoms with Gasteiger partial charge >= 0.3 is 5.97 Å². The highest BCUT2D eigenvalue weighted by molar-refractivity contribution is 9.10. The monoisotopic (exact) mass is 349 g/mol. The second-order valence-corrected chi connectivity index (χ2v) is 5.38. The fourth-order valence-electron chi connectivity index (χ4n) is 2.00. The number of ether oxygens (including phenoxy) is 2. The molecule has 1 aromatic heterocycles. The second kappa shape index (κ2) is 7.22. The summed E-state index contributed by atoms with van der Waals surface area (Å²) < 4.78 is 11.0. The van der Waals surface area contributed by atoms with Crippen LogP contribution >= 0.6 is 15.9 Å². The Morgan fingerprint density at radius 2 is 1.81 bits per heavy atom. The van der Waals surface area contributed by atoms with Crippen LogP contribution in [-0.4, -0.2) is 25.2 Å². The van der Waals surface area contributed by atoms with Gasteiger partial charge in [-0.15, -0.1) is 0 Å². The van der Waals surface area contributed by atoms with Crippen LogP contribution in [0.25, 0.3) is 0 Å². The largest absolute Gasteiger partial charge is 0.481 e. The quantitative estimate of drug-likeness (QED) is 0.776. The molecule has 0 unspecified atom stereocenters. The molecular formula is C16H16BrNO3. The van der Waals surface area contributed by atoms with Crippen LogP contribution in [0.3, 0.4) is 0 Å². The van der Waals surface area contributed by atoms with Gasteiger partial charge in [0.15, 0.2) is 0 Å². The molecule has 2 aromatic rings. The molecule has 0 saturated heterocycles. The molecule has 2 rings (SSSR count). The Labute approximate surface area is 132 Å². The maximum atomic E-state index is 11.8. The van der Waals surface area contributed by atoms with Crippen LogP contribution < -0.4 is 4.74 Å². The van der Waals surface area contributed by atoms with Gasteiger partial charge in [0.05, 0.1) is 25.5 Å². The second-order valence-electron chi connectivity index (χ2n) is 4.47. The summed E-state index contributed by atoms with van der Waals surface area (Å²) in [6.07, 6.45) is 1.43. The first-order valence-electron chi connectivity index (χ1n) is 6.50. The highest BCUT2D eigenvalue weighted by atomic mass is 79.9. The van der Waals surface area contributed by atoms with Crippen LogP contribution in [0, 0.1) is 0 Å². The molecule has 1 aromatic carbocycles. The van der Waals surface area contributed by atoms with E-state index in [0.717, 1.165) is 10.9 Å². The molecule has 1 heterocycles. The molecule has 0 atom stereocenters. The van der Waals surface area contributed by atoms with Crippen molar-refractivity contribution in [1.29, 1.82) is 0 Å². The number of benzene rings is 1. The number of esters is 1. The van der Waals surface area contributed by atoms with Gasteiger partial charge in [0, 0.05) is 10.5 Å². The number of aromatic nitrogens is 1. The first kappa shape index (κ1) is 15.5. The molecule has 5 heteroatoms. The standard InChI is InChI=1S/C16H16BrNO3/c1-20-15-10-8-13(16(19)21-2)14(18-15)9-5-11-3-6-12(17)7-4-11/h3-4,6-8,10H,5,9H2,1-2H3. The number of rotatable bonds is 5. The Morgan fingerprint density at radius 3 is 2.43 bits per heavy atom. The van der Waals surface area contributed by atoms with Gasteiger partial charge in [-0.05, 0) is 36.6 Å². The molecule has 0 bridgehead atoms. The van der Waals surface area contributed by atoms with E-state index in [1.54, 1.807) is 19.2 Å². The van der Waals surface area contributed by atoms with Gasteiger partial charge in [-0.1, -0.05) is 28.1 Å². The maximum Gasteiger partial charge on any atom is 0.339 e. The van der Waals surface area contributed by atoms with Crippen molar-refractivity contribution >= 4 is 21.9 Å². The maximum absolute atomic E-state index is 11.8. The highest BCUT2D eigenvalue weighted by Gasteiger charge is 2.14. The third-order valence-electron chi connectivity index (χ3n) is 3.13. The summed E-state index contributed by atoms with van der Waals surface area (Å²) in [5.74, 6) is 0.115. The SMILES string of the molecule is COC(=O)c1ccc(OC)nc1CCc1ccc(Br)cc1. The molecule has 0 saturated carbocycles. The van der Waals surface area contributed by atoms with Gasteiger partial charge in [-0.2, -0.15) is 0 Å². The molecular weight excluding hydrogens is 334 g/mol. The van der Waals surface area contributed by atoms with Gasteiger partial charge < -0.3 is 9.47 Å². The predicted molar refractivity (Wildman–Crippen MR) is 83.7 cm³/mol. The first-order chi connectivity index (χ1) is 10.1. The van der Waals surface area contributed by atoms with E-state index in [4.69, 9.17) is 9.47 Å². The molecule has 0 amide bonds. The van der Waals surface area contributed by atoms with E-state index in [2.05, 4.69) is 20.9 Å². The normalized spacial score (nSPS) is 10.2. The molecule has 0 aliphatic rings. The average Bonchev–Trinajstić information content (AvgIpc) is 2.53. The van der Waals surface area contributed by atoms with Crippen LogP contribution in [0.1, 0.15) is 21.6 Å². The Hall–Kier alpha value is -1.88. The summed E-state index contributed by atoms with van der Waals surface area (Å²) in [7, 11) is 2.92. The van der Waals surface area contributed by atoms with Crippen molar-refractivity contribution in [2.75, 3.05) is 14.2 Å².